The van der Waals surface area contributed by atoms with Gasteiger partial charge in [-0.15, -0.1) is 0 Å². The van der Waals surface area contributed by atoms with Crippen LogP contribution in [0.15, 0.2) is 47.6 Å². The van der Waals surface area contributed by atoms with Crippen LogP contribution in [-0.4, -0.2) is 29.1 Å². The molecule has 2 N–H and O–H groups in total. The number of ether oxygens (including phenoxy) is 1. The maximum absolute atomic E-state index is 14.5. The normalized spacial score (nSPS) is 23.4. The van der Waals surface area contributed by atoms with E-state index in [2.05, 4.69) is 5.10 Å². The average molecular weight is 420 g/mol. The number of nitrogens with two attached hydrogens (primary N) is 1. The van der Waals surface area contributed by atoms with Crippen LogP contribution in [0.1, 0.15) is 24.5 Å². The summed E-state index contributed by atoms with van der Waals surface area (Å²) in [6.45, 7) is 2.29. The molecule has 2 atom stereocenters. The number of thioether (sulfide) groups is 1. The number of nitrogens with zero attached hydrogens (tertiary/aromatic N) is 2. The van der Waals surface area contributed by atoms with Gasteiger partial charge >= 0.3 is 0 Å². The van der Waals surface area contributed by atoms with Gasteiger partial charge in [0.2, 0.25) is 5.91 Å². The number of rotatable bonds is 3. The molecule has 2 aromatic carbocycles. The molecule has 2 aliphatic rings. The van der Waals surface area contributed by atoms with E-state index in [0.717, 1.165) is 5.56 Å². The number of hydrogen-bond donors (Lipinski definition) is 1. The standard InChI is InChI=1S/C20H19ClFN3O2S/c1-12(26)25-20(28-19(24-25)15-10-14(21)6-7-17(15)22)13(8-9-23)11-27-18-5-3-2-4-16(18)20/h2-7,10,13H,8-9,11,23H2,1H3/t13-,20+/m0/s1. The quantitative estimate of drug-likeness (QED) is 0.818. The number of amides is 1. The minimum atomic E-state index is -0.843. The summed E-state index contributed by atoms with van der Waals surface area (Å²) in [5.41, 5.74) is 6.97. The molecule has 0 unspecified atom stereocenters. The van der Waals surface area contributed by atoms with Crippen molar-refractivity contribution in [2.24, 2.45) is 16.8 Å². The molecule has 0 fully saturated rings. The lowest BCUT2D eigenvalue weighted by Crippen LogP contribution is -2.51. The third-order valence-corrected chi connectivity index (χ3v) is 6.76. The fourth-order valence-electron chi connectivity index (χ4n) is 3.77. The molecule has 8 heteroatoms. The van der Waals surface area contributed by atoms with Crippen LogP contribution in [-0.2, 0) is 9.67 Å². The second kappa shape index (κ2) is 7.39. The monoisotopic (exact) mass is 419 g/mol. The summed E-state index contributed by atoms with van der Waals surface area (Å²) < 4.78 is 20.5. The van der Waals surface area contributed by atoms with Crippen molar-refractivity contribution in [2.45, 2.75) is 18.2 Å². The van der Waals surface area contributed by atoms with Gasteiger partial charge in [-0.2, -0.15) is 5.10 Å². The minimum absolute atomic E-state index is 0.107. The van der Waals surface area contributed by atoms with E-state index in [0.29, 0.717) is 35.4 Å². The molecule has 5 nitrogen and oxygen atoms in total. The van der Waals surface area contributed by atoms with E-state index in [1.165, 1.54) is 41.9 Å². The predicted octanol–water partition coefficient (Wildman–Crippen LogP) is 3.95. The van der Waals surface area contributed by atoms with Gasteiger partial charge < -0.3 is 10.5 Å². The van der Waals surface area contributed by atoms with Crippen LogP contribution in [0.4, 0.5) is 4.39 Å². The summed E-state index contributed by atoms with van der Waals surface area (Å²) in [6.07, 6.45) is 0.631. The van der Waals surface area contributed by atoms with E-state index in [-0.39, 0.29) is 17.4 Å². The van der Waals surface area contributed by atoms with Gasteiger partial charge in [0, 0.05) is 29.0 Å². The van der Waals surface area contributed by atoms with Gasteiger partial charge in [-0.3, -0.25) is 4.79 Å². The molecule has 4 rings (SSSR count). The Balaban J connectivity index is 1.89. The van der Waals surface area contributed by atoms with Gasteiger partial charge in [-0.1, -0.05) is 41.6 Å². The second-order valence-corrected chi connectivity index (χ2v) is 8.39. The van der Waals surface area contributed by atoms with Crippen LogP contribution in [0.25, 0.3) is 0 Å². The molecule has 146 valence electrons. The van der Waals surface area contributed by atoms with Crippen LogP contribution in [0.2, 0.25) is 5.02 Å². The van der Waals surface area contributed by atoms with Crippen molar-refractivity contribution in [3.8, 4) is 5.75 Å². The number of benzene rings is 2. The molecule has 1 amide bonds. The Labute approximate surface area is 171 Å². The fraction of sp³-hybridized carbons (Fsp3) is 0.300. The van der Waals surface area contributed by atoms with Crippen molar-refractivity contribution in [1.29, 1.82) is 0 Å². The topological polar surface area (TPSA) is 67.9 Å². The summed E-state index contributed by atoms with van der Waals surface area (Å²) in [5, 5.41) is 6.80. The Hall–Kier alpha value is -2.09. The van der Waals surface area contributed by atoms with Crippen LogP contribution in [0.5, 0.6) is 5.75 Å². The predicted molar refractivity (Wildman–Crippen MR) is 109 cm³/mol. The maximum Gasteiger partial charge on any atom is 0.241 e. The number of hydrazone groups is 1. The van der Waals surface area contributed by atoms with Gasteiger partial charge in [-0.25, -0.2) is 9.40 Å². The Bertz CT molecular complexity index is 970. The number of para-hydroxylation sites is 1. The minimum Gasteiger partial charge on any atom is -0.493 e. The smallest absolute Gasteiger partial charge is 0.241 e. The zero-order chi connectivity index (χ0) is 19.9. The zero-order valence-corrected chi connectivity index (χ0v) is 16.8. The highest BCUT2D eigenvalue weighted by atomic mass is 35.5. The zero-order valence-electron chi connectivity index (χ0n) is 15.2. The summed E-state index contributed by atoms with van der Waals surface area (Å²) in [4.78, 5) is 11.8. The van der Waals surface area contributed by atoms with Crippen molar-refractivity contribution < 1.29 is 13.9 Å². The van der Waals surface area contributed by atoms with E-state index >= 15 is 0 Å². The first-order valence-electron chi connectivity index (χ1n) is 8.93. The van der Waals surface area contributed by atoms with Gasteiger partial charge in [0.15, 0.2) is 4.87 Å². The van der Waals surface area contributed by atoms with Crippen molar-refractivity contribution in [3.63, 3.8) is 0 Å². The first kappa shape index (κ1) is 19.2. The third-order valence-electron chi connectivity index (χ3n) is 5.00. The van der Waals surface area contributed by atoms with E-state index in [9.17, 15) is 9.18 Å². The number of halogens is 2. The van der Waals surface area contributed by atoms with Gasteiger partial charge in [0.25, 0.3) is 0 Å². The molecular formula is C20H19ClFN3O2S. The van der Waals surface area contributed by atoms with Crippen molar-refractivity contribution in [3.05, 3.63) is 64.4 Å². The van der Waals surface area contributed by atoms with Crippen LogP contribution >= 0.6 is 23.4 Å². The van der Waals surface area contributed by atoms with E-state index < -0.39 is 10.7 Å². The summed E-state index contributed by atoms with van der Waals surface area (Å²) >= 11 is 7.44. The van der Waals surface area contributed by atoms with Crippen molar-refractivity contribution in [2.75, 3.05) is 13.2 Å². The molecule has 0 aromatic heterocycles. The average Bonchev–Trinajstić information content (AvgIpc) is 3.08. The first-order valence-corrected chi connectivity index (χ1v) is 10.1. The summed E-state index contributed by atoms with van der Waals surface area (Å²) in [6, 6.07) is 11.9. The molecular weight excluding hydrogens is 401 g/mol. The van der Waals surface area contributed by atoms with E-state index in [1.54, 1.807) is 0 Å². The molecule has 1 spiro atoms. The SMILES string of the molecule is CC(=O)N1N=C(c2cc(Cl)ccc2F)S[C@]12c1ccccc1OC[C@@H]2CCN. The number of fused-ring (bicyclic) bond motifs is 2. The fourth-order valence-corrected chi connectivity index (χ4v) is 5.51. The van der Waals surface area contributed by atoms with Gasteiger partial charge in [-0.05, 0) is 37.2 Å². The highest BCUT2D eigenvalue weighted by molar-refractivity contribution is 8.15. The lowest BCUT2D eigenvalue weighted by Gasteiger charge is -2.45. The lowest BCUT2D eigenvalue weighted by molar-refractivity contribution is -0.134. The number of carbonyl (C=O) groups is 1. The van der Waals surface area contributed by atoms with Crippen molar-refractivity contribution in [1.82, 2.24) is 5.01 Å². The third kappa shape index (κ3) is 2.98. The molecule has 0 radical (unpaired) electrons. The Morgan fingerprint density at radius 1 is 1.43 bits per heavy atom. The Morgan fingerprint density at radius 2 is 2.21 bits per heavy atom. The van der Waals surface area contributed by atoms with Gasteiger partial charge in [0.1, 0.15) is 16.6 Å². The Morgan fingerprint density at radius 3 is 2.96 bits per heavy atom. The first-order chi connectivity index (χ1) is 13.5. The molecule has 2 heterocycles. The van der Waals surface area contributed by atoms with Crippen LogP contribution in [0, 0.1) is 11.7 Å². The maximum atomic E-state index is 14.5. The highest BCUT2D eigenvalue weighted by Gasteiger charge is 2.56. The highest BCUT2D eigenvalue weighted by Crippen LogP contribution is 2.57. The van der Waals surface area contributed by atoms with E-state index in [4.69, 9.17) is 22.1 Å². The van der Waals surface area contributed by atoms with Crippen LogP contribution < -0.4 is 10.5 Å². The molecule has 0 saturated heterocycles. The molecule has 2 aromatic rings. The molecule has 28 heavy (non-hydrogen) atoms. The van der Waals surface area contributed by atoms with Crippen LogP contribution in [0.3, 0.4) is 0 Å². The molecule has 0 aliphatic carbocycles. The lowest BCUT2D eigenvalue weighted by atomic mass is 9.86. The van der Waals surface area contributed by atoms with Gasteiger partial charge in [0.05, 0.1) is 6.61 Å². The molecule has 0 saturated carbocycles. The largest absolute Gasteiger partial charge is 0.493 e. The molecule has 0 bridgehead atoms. The summed E-state index contributed by atoms with van der Waals surface area (Å²) in [5.74, 6) is -0.0853. The number of hydrogen-bond acceptors (Lipinski definition) is 5. The second-order valence-electron chi connectivity index (χ2n) is 6.74. The summed E-state index contributed by atoms with van der Waals surface area (Å²) in [7, 11) is 0. The Kier molecular flexibility index (Phi) is 5.07. The number of carbonyl (C=O) groups excluding carboxylic acids is 1. The van der Waals surface area contributed by atoms with Crippen molar-refractivity contribution >= 4 is 34.3 Å². The molecule has 2 aliphatic heterocycles. The van der Waals surface area contributed by atoms with E-state index in [1.807, 2.05) is 24.3 Å².